The Morgan fingerprint density at radius 2 is 1.96 bits per heavy atom. The monoisotopic (exact) mass is 382 g/mol. The Morgan fingerprint density at radius 3 is 2.71 bits per heavy atom. The van der Waals surface area contributed by atoms with Crippen molar-refractivity contribution in [3.63, 3.8) is 0 Å². The van der Waals surface area contributed by atoms with Crippen molar-refractivity contribution in [3.05, 3.63) is 53.7 Å². The van der Waals surface area contributed by atoms with Crippen LogP contribution in [0.15, 0.2) is 40.8 Å². The number of imidazole rings is 1. The standard InChI is InChI=1S/C22H30N4O2/c1-3-10-26-19-7-5-4-6-18(19)24-22(26)16-23-15-20(21-9-8-17(2)28-21)25-11-13-27-14-12-25/h4-9,20,23H,3,10-16H2,1-2H3. The zero-order chi connectivity index (χ0) is 19.3. The number of furan rings is 1. The SMILES string of the molecule is CCCn1c(CNCC(c2ccc(C)o2)N2CCOCC2)nc2ccccc21. The lowest BCUT2D eigenvalue weighted by Gasteiger charge is -2.33. The maximum atomic E-state index is 5.97. The van der Waals surface area contributed by atoms with Gasteiger partial charge in [-0.3, -0.25) is 4.90 Å². The molecule has 1 aromatic carbocycles. The molecule has 4 rings (SSSR count). The summed E-state index contributed by atoms with van der Waals surface area (Å²) in [6.45, 7) is 10.2. The van der Waals surface area contributed by atoms with Gasteiger partial charge in [-0.15, -0.1) is 0 Å². The fourth-order valence-corrected chi connectivity index (χ4v) is 3.99. The summed E-state index contributed by atoms with van der Waals surface area (Å²) in [5.74, 6) is 3.08. The summed E-state index contributed by atoms with van der Waals surface area (Å²) < 4.78 is 13.8. The predicted molar refractivity (Wildman–Crippen MR) is 110 cm³/mol. The fraction of sp³-hybridized carbons (Fsp3) is 0.500. The number of aryl methyl sites for hydroxylation is 2. The minimum Gasteiger partial charge on any atom is -0.465 e. The summed E-state index contributed by atoms with van der Waals surface area (Å²) >= 11 is 0. The number of fused-ring (bicyclic) bond motifs is 1. The first kappa shape index (κ1) is 19.2. The molecule has 1 aliphatic heterocycles. The summed E-state index contributed by atoms with van der Waals surface area (Å²) in [6.07, 6.45) is 1.09. The van der Waals surface area contributed by atoms with Crippen LogP contribution in [0, 0.1) is 6.92 Å². The Morgan fingerprint density at radius 1 is 1.14 bits per heavy atom. The lowest BCUT2D eigenvalue weighted by atomic mass is 10.1. The van der Waals surface area contributed by atoms with E-state index < -0.39 is 0 Å². The van der Waals surface area contributed by atoms with E-state index in [0.717, 1.165) is 75.2 Å². The molecular weight excluding hydrogens is 352 g/mol. The van der Waals surface area contributed by atoms with Crippen molar-refractivity contribution in [2.75, 3.05) is 32.8 Å². The second kappa shape index (κ2) is 8.90. The van der Waals surface area contributed by atoms with Crippen LogP contribution in [0.25, 0.3) is 11.0 Å². The third-order valence-electron chi connectivity index (χ3n) is 5.38. The molecule has 1 saturated heterocycles. The average Bonchev–Trinajstić information content (AvgIpc) is 3.30. The molecule has 28 heavy (non-hydrogen) atoms. The van der Waals surface area contributed by atoms with Crippen LogP contribution < -0.4 is 5.32 Å². The summed E-state index contributed by atoms with van der Waals surface area (Å²) in [4.78, 5) is 7.31. The molecule has 3 heterocycles. The van der Waals surface area contributed by atoms with Crippen LogP contribution in [-0.4, -0.2) is 47.3 Å². The Bertz CT molecular complexity index is 895. The minimum atomic E-state index is 0.210. The molecule has 150 valence electrons. The largest absolute Gasteiger partial charge is 0.465 e. The van der Waals surface area contributed by atoms with Crippen molar-refractivity contribution in [2.45, 2.75) is 39.4 Å². The maximum Gasteiger partial charge on any atom is 0.123 e. The number of rotatable bonds is 8. The second-order valence-corrected chi connectivity index (χ2v) is 7.41. The van der Waals surface area contributed by atoms with Gasteiger partial charge in [0.05, 0.1) is 36.8 Å². The van der Waals surface area contributed by atoms with Gasteiger partial charge in [-0.1, -0.05) is 19.1 Å². The number of hydrogen-bond donors (Lipinski definition) is 1. The molecule has 6 heteroatoms. The summed E-state index contributed by atoms with van der Waals surface area (Å²) in [5.41, 5.74) is 2.28. The number of benzene rings is 1. The highest BCUT2D eigenvalue weighted by atomic mass is 16.5. The van der Waals surface area contributed by atoms with Crippen LogP contribution in [0.1, 0.15) is 36.7 Å². The molecular formula is C22H30N4O2. The van der Waals surface area contributed by atoms with Crippen LogP contribution >= 0.6 is 0 Å². The minimum absolute atomic E-state index is 0.210. The molecule has 0 amide bonds. The summed E-state index contributed by atoms with van der Waals surface area (Å²) in [7, 11) is 0. The van der Waals surface area contributed by atoms with Crippen LogP contribution in [0.5, 0.6) is 0 Å². The number of hydrogen-bond acceptors (Lipinski definition) is 5. The molecule has 1 unspecified atom stereocenters. The molecule has 0 aliphatic carbocycles. The fourth-order valence-electron chi connectivity index (χ4n) is 3.99. The molecule has 1 fully saturated rings. The van der Waals surface area contributed by atoms with E-state index in [9.17, 15) is 0 Å². The van der Waals surface area contributed by atoms with E-state index in [1.165, 1.54) is 5.52 Å². The second-order valence-electron chi connectivity index (χ2n) is 7.41. The van der Waals surface area contributed by atoms with Gasteiger partial charge in [-0.05, 0) is 37.6 Å². The van der Waals surface area contributed by atoms with Gasteiger partial charge in [0, 0.05) is 26.2 Å². The van der Waals surface area contributed by atoms with Crippen molar-refractivity contribution < 1.29 is 9.15 Å². The molecule has 1 aliphatic rings. The van der Waals surface area contributed by atoms with E-state index in [4.69, 9.17) is 14.1 Å². The zero-order valence-electron chi connectivity index (χ0n) is 16.9. The average molecular weight is 383 g/mol. The molecule has 0 radical (unpaired) electrons. The van der Waals surface area contributed by atoms with Crippen molar-refractivity contribution in [3.8, 4) is 0 Å². The number of ether oxygens (including phenoxy) is 1. The van der Waals surface area contributed by atoms with Gasteiger partial charge in [0.1, 0.15) is 17.3 Å². The van der Waals surface area contributed by atoms with Crippen molar-refractivity contribution >= 4 is 11.0 Å². The van der Waals surface area contributed by atoms with E-state index in [1.54, 1.807) is 0 Å². The van der Waals surface area contributed by atoms with Gasteiger partial charge < -0.3 is 19.0 Å². The van der Waals surface area contributed by atoms with Gasteiger partial charge in [0.15, 0.2) is 0 Å². The quantitative estimate of drug-likeness (QED) is 0.646. The molecule has 0 saturated carbocycles. The number of morpholine rings is 1. The van der Waals surface area contributed by atoms with Crippen LogP contribution in [0.3, 0.4) is 0 Å². The first-order valence-electron chi connectivity index (χ1n) is 10.3. The van der Waals surface area contributed by atoms with Gasteiger partial charge >= 0.3 is 0 Å². The van der Waals surface area contributed by atoms with Crippen LogP contribution in [0.2, 0.25) is 0 Å². The van der Waals surface area contributed by atoms with E-state index in [-0.39, 0.29) is 6.04 Å². The van der Waals surface area contributed by atoms with Gasteiger partial charge in [0.2, 0.25) is 0 Å². The van der Waals surface area contributed by atoms with E-state index in [2.05, 4.69) is 52.0 Å². The van der Waals surface area contributed by atoms with Crippen molar-refractivity contribution in [2.24, 2.45) is 0 Å². The lowest BCUT2D eigenvalue weighted by Crippen LogP contribution is -2.42. The molecule has 2 aromatic heterocycles. The first-order valence-corrected chi connectivity index (χ1v) is 10.3. The summed E-state index contributed by atoms with van der Waals surface area (Å²) in [6, 6.07) is 12.7. The van der Waals surface area contributed by atoms with E-state index >= 15 is 0 Å². The van der Waals surface area contributed by atoms with Gasteiger partial charge in [-0.25, -0.2) is 4.98 Å². The van der Waals surface area contributed by atoms with E-state index in [1.807, 2.05) is 13.0 Å². The highest BCUT2D eigenvalue weighted by molar-refractivity contribution is 5.75. The van der Waals surface area contributed by atoms with Crippen LogP contribution in [0.4, 0.5) is 0 Å². The third-order valence-corrected chi connectivity index (χ3v) is 5.38. The van der Waals surface area contributed by atoms with Crippen molar-refractivity contribution in [1.29, 1.82) is 0 Å². The Kier molecular flexibility index (Phi) is 6.10. The Labute approximate surface area is 166 Å². The number of nitrogens with zero attached hydrogens (tertiary/aromatic N) is 3. The van der Waals surface area contributed by atoms with Gasteiger partial charge in [0.25, 0.3) is 0 Å². The van der Waals surface area contributed by atoms with Crippen molar-refractivity contribution in [1.82, 2.24) is 19.8 Å². The predicted octanol–water partition coefficient (Wildman–Crippen LogP) is 3.51. The van der Waals surface area contributed by atoms with Crippen LogP contribution in [-0.2, 0) is 17.8 Å². The first-order chi connectivity index (χ1) is 13.8. The topological polar surface area (TPSA) is 55.5 Å². The third kappa shape index (κ3) is 4.14. The molecule has 0 bridgehead atoms. The molecule has 1 atom stereocenters. The number of aromatic nitrogens is 2. The molecule has 3 aromatic rings. The molecule has 1 N–H and O–H groups in total. The highest BCUT2D eigenvalue weighted by Crippen LogP contribution is 2.24. The normalized spacial score (nSPS) is 16.6. The number of para-hydroxylation sites is 2. The van der Waals surface area contributed by atoms with Gasteiger partial charge in [-0.2, -0.15) is 0 Å². The van der Waals surface area contributed by atoms with E-state index in [0.29, 0.717) is 0 Å². The lowest BCUT2D eigenvalue weighted by molar-refractivity contribution is 0.0114. The molecule has 0 spiro atoms. The smallest absolute Gasteiger partial charge is 0.123 e. The Hall–Kier alpha value is -2.15. The summed E-state index contributed by atoms with van der Waals surface area (Å²) in [5, 5.41) is 3.64. The highest BCUT2D eigenvalue weighted by Gasteiger charge is 2.25. The molecule has 6 nitrogen and oxygen atoms in total. The number of nitrogens with one attached hydrogen (secondary N) is 1. The maximum absolute atomic E-state index is 5.97. The Balaban J connectivity index is 1.48. The zero-order valence-corrected chi connectivity index (χ0v) is 16.9.